The zero-order chi connectivity index (χ0) is 13.1. The fourth-order valence-corrected chi connectivity index (χ4v) is 2.29. The van der Waals surface area contributed by atoms with Gasteiger partial charge < -0.3 is 9.30 Å². The van der Waals surface area contributed by atoms with Gasteiger partial charge in [-0.25, -0.2) is 0 Å². The number of ether oxygens (including phenoxy) is 1. The molecule has 0 saturated carbocycles. The number of esters is 1. The van der Waals surface area contributed by atoms with E-state index in [9.17, 15) is 4.79 Å². The average molecular weight is 243 g/mol. The highest BCUT2D eigenvalue weighted by molar-refractivity contribution is 5.91. The van der Waals surface area contributed by atoms with Crippen LogP contribution in [0, 0.1) is 0 Å². The van der Waals surface area contributed by atoms with E-state index in [4.69, 9.17) is 4.74 Å². The van der Waals surface area contributed by atoms with Crippen molar-refractivity contribution in [2.45, 2.75) is 13.3 Å². The highest BCUT2D eigenvalue weighted by atomic mass is 16.5. The van der Waals surface area contributed by atoms with E-state index in [1.165, 1.54) is 0 Å². The van der Waals surface area contributed by atoms with Crippen molar-refractivity contribution in [3.05, 3.63) is 42.1 Å². The van der Waals surface area contributed by atoms with Crippen molar-refractivity contribution in [3.63, 3.8) is 0 Å². The third-order valence-corrected chi connectivity index (χ3v) is 3.08. The Balaban J connectivity index is 2.54. The Labute approximate surface area is 107 Å². The third-order valence-electron chi connectivity index (χ3n) is 3.08. The number of nitrogens with zero attached hydrogens (tertiary/aromatic N) is 1. The van der Waals surface area contributed by atoms with Gasteiger partial charge in [0.25, 0.3) is 0 Å². The minimum atomic E-state index is -0.197. The molecule has 0 unspecified atom stereocenters. The van der Waals surface area contributed by atoms with E-state index in [1.807, 2.05) is 38.2 Å². The summed E-state index contributed by atoms with van der Waals surface area (Å²) in [7, 11) is 1.98. The van der Waals surface area contributed by atoms with Crippen LogP contribution in [0.25, 0.3) is 17.0 Å². The molecule has 0 amide bonds. The van der Waals surface area contributed by atoms with E-state index >= 15 is 0 Å². The molecular weight excluding hydrogens is 226 g/mol. The first-order valence-electron chi connectivity index (χ1n) is 6.03. The Morgan fingerprint density at radius 3 is 2.83 bits per heavy atom. The lowest BCUT2D eigenvalue weighted by atomic mass is 10.1. The van der Waals surface area contributed by atoms with Crippen LogP contribution < -0.4 is 0 Å². The Morgan fingerprint density at radius 1 is 1.44 bits per heavy atom. The molecule has 18 heavy (non-hydrogen) atoms. The summed E-state index contributed by atoms with van der Waals surface area (Å²) in [5, 5.41) is 1.09. The molecule has 3 heteroatoms. The molecule has 0 bridgehead atoms. The predicted octanol–water partition coefficient (Wildman–Crippen LogP) is 2.93. The van der Waals surface area contributed by atoms with Gasteiger partial charge in [-0.1, -0.05) is 24.8 Å². The Hall–Kier alpha value is -2.03. The summed E-state index contributed by atoms with van der Waals surface area (Å²) in [6.07, 6.45) is 2.07. The number of carbonyl (C=O) groups is 1. The molecule has 0 saturated heterocycles. The summed E-state index contributed by atoms with van der Waals surface area (Å²) in [5.41, 5.74) is 3.07. The Kier molecular flexibility index (Phi) is 3.51. The molecule has 0 fully saturated rings. The number of aryl methyl sites for hydroxylation is 1. The van der Waals surface area contributed by atoms with Crippen molar-refractivity contribution in [1.82, 2.24) is 4.57 Å². The number of rotatable bonds is 4. The molecule has 1 aromatic carbocycles. The van der Waals surface area contributed by atoms with E-state index in [0.717, 1.165) is 22.2 Å². The molecule has 0 atom stereocenters. The topological polar surface area (TPSA) is 31.2 Å². The number of benzene rings is 1. The molecule has 0 spiro atoms. The normalized spacial score (nSPS) is 10.6. The van der Waals surface area contributed by atoms with Crippen LogP contribution in [0.15, 0.2) is 30.8 Å². The van der Waals surface area contributed by atoms with Gasteiger partial charge in [0, 0.05) is 23.6 Å². The lowest BCUT2D eigenvalue weighted by Gasteiger charge is -2.03. The fourth-order valence-electron chi connectivity index (χ4n) is 2.29. The second-order valence-corrected chi connectivity index (χ2v) is 4.13. The van der Waals surface area contributed by atoms with Gasteiger partial charge in [0.2, 0.25) is 0 Å². The molecule has 0 aliphatic carbocycles. The first-order chi connectivity index (χ1) is 8.69. The van der Waals surface area contributed by atoms with E-state index in [2.05, 4.69) is 11.1 Å². The van der Waals surface area contributed by atoms with Crippen molar-refractivity contribution in [3.8, 4) is 0 Å². The number of aromatic nitrogens is 1. The largest absolute Gasteiger partial charge is 0.466 e. The van der Waals surface area contributed by atoms with Gasteiger partial charge in [-0.05, 0) is 24.6 Å². The second kappa shape index (κ2) is 5.08. The van der Waals surface area contributed by atoms with Gasteiger partial charge in [0.15, 0.2) is 0 Å². The fraction of sp³-hybridized carbons (Fsp3) is 0.267. The minimum absolute atomic E-state index is 0.197. The van der Waals surface area contributed by atoms with Gasteiger partial charge in [-0.2, -0.15) is 0 Å². The number of hydrogen-bond acceptors (Lipinski definition) is 2. The minimum Gasteiger partial charge on any atom is -0.466 e. The molecule has 2 rings (SSSR count). The molecule has 0 radical (unpaired) electrons. The van der Waals surface area contributed by atoms with Crippen molar-refractivity contribution in [2.75, 3.05) is 6.61 Å². The summed E-state index contributed by atoms with van der Waals surface area (Å²) in [5.74, 6) is -0.197. The van der Waals surface area contributed by atoms with Gasteiger partial charge in [0.05, 0.1) is 13.0 Å². The third kappa shape index (κ3) is 2.04. The molecule has 1 aromatic heterocycles. The van der Waals surface area contributed by atoms with Crippen LogP contribution in [0.5, 0.6) is 0 Å². The van der Waals surface area contributed by atoms with E-state index in [0.29, 0.717) is 6.61 Å². The van der Waals surface area contributed by atoms with Gasteiger partial charge >= 0.3 is 5.97 Å². The molecule has 94 valence electrons. The van der Waals surface area contributed by atoms with Gasteiger partial charge in [0.1, 0.15) is 0 Å². The molecule has 0 aliphatic heterocycles. The maximum atomic E-state index is 11.7. The molecule has 1 heterocycles. The lowest BCUT2D eigenvalue weighted by Crippen LogP contribution is -2.08. The van der Waals surface area contributed by atoms with Crippen molar-refractivity contribution >= 4 is 22.9 Å². The van der Waals surface area contributed by atoms with Crippen molar-refractivity contribution < 1.29 is 9.53 Å². The number of hydrogen-bond donors (Lipinski definition) is 0. The second-order valence-electron chi connectivity index (χ2n) is 4.13. The molecule has 2 aromatic rings. The van der Waals surface area contributed by atoms with Crippen LogP contribution in [-0.2, 0) is 23.0 Å². The maximum Gasteiger partial charge on any atom is 0.310 e. The van der Waals surface area contributed by atoms with E-state index in [-0.39, 0.29) is 12.4 Å². The summed E-state index contributed by atoms with van der Waals surface area (Å²) in [6, 6.07) is 8.03. The van der Waals surface area contributed by atoms with Crippen LogP contribution in [0.2, 0.25) is 0 Å². The molecule has 3 nitrogen and oxygen atoms in total. The number of para-hydroxylation sites is 1. The summed E-state index contributed by atoms with van der Waals surface area (Å²) >= 11 is 0. The van der Waals surface area contributed by atoms with Crippen LogP contribution in [0.1, 0.15) is 18.2 Å². The van der Waals surface area contributed by atoms with Crippen molar-refractivity contribution in [1.29, 1.82) is 0 Å². The van der Waals surface area contributed by atoms with Crippen LogP contribution >= 0.6 is 0 Å². The first kappa shape index (κ1) is 12.4. The smallest absolute Gasteiger partial charge is 0.310 e. The standard InChI is InChI=1S/C15H17NO2/c1-4-13-12(10-15(17)18-5-2)11-8-6-7-9-14(11)16(13)3/h4,6-9H,1,5,10H2,2-3H3. The number of carbonyl (C=O) groups excluding carboxylic acids is 1. The maximum absolute atomic E-state index is 11.7. The van der Waals surface area contributed by atoms with E-state index < -0.39 is 0 Å². The van der Waals surface area contributed by atoms with Gasteiger partial charge in [-0.15, -0.1) is 0 Å². The molecule has 0 aliphatic rings. The SMILES string of the molecule is C=Cc1c(CC(=O)OCC)c2ccccc2n1C. The van der Waals surface area contributed by atoms with Crippen LogP contribution in [-0.4, -0.2) is 17.1 Å². The van der Waals surface area contributed by atoms with E-state index in [1.54, 1.807) is 6.08 Å². The Bertz CT molecular complexity index is 596. The van der Waals surface area contributed by atoms with Crippen LogP contribution in [0.3, 0.4) is 0 Å². The quantitative estimate of drug-likeness (QED) is 0.773. The summed E-state index contributed by atoms with van der Waals surface area (Å²) in [6.45, 7) is 6.05. The van der Waals surface area contributed by atoms with Crippen molar-refractivity contribution in [2.24, 2.45) is 7.05 Å². The van der Waals surface area contributed by atoms with Crippen LogP contribution in [0.4, 0.5) is 0 Å². The zero-order valence-electron chi connectivity index (χ0n) is 10.8. The highest BCUT2D eigenvalue weighted by Crippen LogP contribution is 2.26. The highest BCUT2D eigenvalue weighted by Gasteiger charge is 2.15. The molecule has 0 N–H and O–H groups in total. The monoisotopic (exact) mass is 243 g/mol. The Morgan fingerprint density at radius 2 is 2.17 bits per heavy atom. The first-order valence-corrected chi connectivity index (χ1v) is 6.03. The number of fused-ring (bicyclic) bond motifs is 1. The zero-order valence-corrected chi connectivity index (χ0v) is 10.8. The van der Waals surface area contributed by atoms with Gasteiger partial charge in [-0.3, -0.25) is 4.79 Å². The average Bonchev–Trinajstić information content (AvgIpc) is 2.63. The lowest BCUT2D eigenvalue weighted by molar-refractivity contribution is -0.142. The summed E-state index contributed by atoms with van der Waals surface area (Å²) < 4.78 is 7.07. The summed E-state index contributed by atoms with van der Waals surface area (Å²) in [4.78, 5) is 11.7. The molecular formula is C15H17NO2. The predicted molar refractivity (Wildman–Crippen MR) is 73.3 cm³/mol.